The average molecular weight is 288 g/mol. The summed E-state index contributed by atoms with van der Waals surface area (Å²) in [7, 11) is 0. The lowest BCUT2D eigenvalue weighted by Crippen LogP contribution is -2.24. The quantitative estimate of drug-likeness (QED) is 0.666. The minimum Gasteiger partial charge on any atom is -0.465 e. The predicted molar refractivity (Wildman–Crippen MR) is 79.1 cm³/mol. The molecule has 0 aliphatic carbocycles. The van der Waals surface area contributed by atoms with Crippen LogP contribution in [0.25, 0.3) is 0 Å². The van der Waals surface area contributed by atoms with Crippen molar-refractivity contribution in [2.24, 2.45) is 0 Å². The zero-order chi connectivity index (χ0) is 15.7. The average Bonchev–Trinajstić information content (AvgIpc) is 2.49. The van der Waals surface area contributed by atoms with E-state index in [1.165, 1.54) is 12.1 Å². The van der Waals surface area contributed by atoms with Crippen LogP contribution in [0.5, 0.6) is 0 Å². The molecule has 1 amide bonds. The number of carbonyl (C=O) groups is 1. The summed E-state index contributed by atoms with van der Waals surface area (Å²) in [5.74, 6) is 0. The first-order valence-electron chi connectivity index (χ1n) is 6.24. The van der Waals surface area contributed by atoms with Crippen LogP contribution in [0.15, 0.2) is 60.7 Å². The van der Waals surface area contributed by atoms with Crippen LogP contribution in [0.1, 0.15) is 18.5 Å². The molecular weight excluding hydrogens is 272 g/mol. The van der Waals surface area contributed by atoms with Gasteiger partial charge in [0, 0.05) is 12.1 Å². The highest BCUT2D eigenvalue weighted by atomic mass is 16.6. The van der Waals surface area contributed by atoms with Gasteiger partial charge in [0.15, 0.2) is 0 Å². The summed E-state index contributed by atoms with van der Waals surface area (Å²) in [4.78, 5) is 19.9. The van der Waals surface area contributed by atoms with E-state index in [-0.39, 0.29) is 11.7 Å². The Hall–Kier alpha value is -2.89. The van der Waals surface area contributed by atoms with Crippen LogP contribution < -0.4 is 5.32 Å². The molecule has 2 N–H and O–H groups in total. The summed E-state index contributed by atoms with van der Waals surface area (Å²) in [6.07, 6.45) is -0.994. The molecular formula is C15H16N2O4. The highest BCUT2D eigenvalue weighted by Gasteiger charge is 2.05. The summed E-state index contributed by atoms with van der Waals surface area (Å²) in [6.45, 7) is 1.81. The number of benzene rings is 2. The molecule has 6 heteroatoms. The number of para-hydroxylation sites is 1. The van der Waals surface area contributed by atoms with E-state index in [2.05, 4.69) is 5.32 Å². The van der Waals surface area contributed by atoms with E-state index in [1.807, 2.05) is 37.3 Å². The van der Waals surface area contributed by atoms with Gasteiger partial charge in [-0.1, -0.05) is 48.5 Å². The largest absolute Gasteiger partial charge is 0.465 e. The fraction of sp³-hybridized carbons (Fsp3) is 0.133. The topological polar surface area (TPSA) is 92.5 Å². The lowest BCUT2D eigenvalue weighted by molar-refractivity contribution is -0.384. The molecule has 0 saturated heterocycles. The fourth-order valence-corrected chi connectivity index (χ4v) is 1.56. The Labute approximate surface area is 122 Å². The second kappa shape index (κ2) is 8.31. The molecule has 0 unspecified atom stereocenters. The Morgan fingerprint density at radius 2 is 1.57 bits per heavy atom. The van der Waals surface area contributed by atoms with Crippen molar-refractivity contribution in [1.82, 2.24) is 5.32 Å². The fourth-order valence-electron chi connectivity index (χ4n) is 1.56. The molecule has 110 valence electrons. The van der Waals surface area contributed by atoms with Gasteiger partial charge in [-0.3, -0.25) is 10.1 Å². The van der Waals surface area contributed by atoms with Gasteiger partial charge in [0.25, 0.3) is 5.69 Å². The van der Waals surface area contributed by atoms with Crippen molar-refractivity contribution in [3.8, 4) is 0 Å². The van der Waals surface area contributed by atoms with Crippen LogP contribution in [0.2, 0.25) is 0 Å². The summed E-state index contributed by atoms with van der Waals surface area (Å²) in [6, 6.07) is 17.2. The van der Waals surface area contributed by atoms with E-state index in [0.717, 1.165) is 5.56 Å². The summed E-state index contributed by atoms with van der Waals surface area (Å²) in [5.41, 5.74) is 1.11. The third-order valence-corrected chi connectivity index (χ3v) is 2.61. The van der Waals surface area contributed by atoms with Gasteiger partial charge >= 0.3 is 6.09 Å². The number of nitro benzene ring substituents is 1. The Kier molecular flexibility index (Phi) is 6.40. The molecule has 0 heterocycles. The van der Waals surface area contributed by atoms with E-state index in [1.54, 1.807) is 18.2 Å². The lowest BCUT2D eigenvalue weighted by atomic mass is 10.1. The smallest absolute Gasteiger partial charge is 0.405 e. The second-order valence-corrected chi connectivity index (χ2v) is 4.17. The zero-order valence-corrected chi connectivity index (χ0v) is 11.5. The maximum atomic E-state index is 10.3. The van der Waals surface area contributed by atoms with Crippen molar-refractivity contribution in [3.05, 3.63) is 76.3 Å². The van der Waals surface area contributed by atoms with Crippen molar-refractivity contribution in [1.29, 1.82) is 0 Å². The maximum absolute atomic E-state index is 10.3. The van der Waals surface area contributed by atoms with Crippen molar-refractivity contribution >= 4 is 11.8 Å². The standard InChI is InChI=1S/C9H11NO2.C6H5NO2/c1-7(10-9(11)12)8-5-3-2-4-6-8;8-7(9)6-4-2-1-3-5-6/h2-7,10H,1H3,(H,11,12);1-5H/t7-;/m1./s1. The van der Waals surface area contributed by atoms with Crippen LogP contribution in [0, 0.1) is 10.1 Å². The third-order valence-electron chi connectivity index (χ3n) is 2.61. The Morgan fingerprint density at radius 1 is 1.10 bits per heavy atom. The molecule has 1 atom stereocenters. The van der Waals surface area contributed by atoms with Crippen molar-refractivity contribution in [3.63, 3.8) is 0 Å². The van der Waals surface area contributed by atoms with E-state index in [4.69, 9.17) is 5.11 Å². The lowest BCUT2D eigenvalue weighted by Gasteiger charge is -2.10. The summed E-state index contributed by atoms with van der Waals surface area (Å²) in [5, 5.41) is 20.8. The molecule has 0 bridgehead atoms. The van der Waals surface area contributed by atoms with Gasteiger partial charge in [-0.25, -0.2) is 4.79 Å². The minimum absolute atomic E-state index is 0.137. The minimum atomic E-state index is -0.994. The molecule has 0 radical (unpaired) electrons. The van der Waals surface area contributed by atoms with E-state index >= 15 is 0 Å². The first kappa shape index (κ1) is 16.2. The normalized spacial score (nSPS) is 10.7. The van der Waals surface area contributed by atoms with Gasteiger partial charge in [-0.05, 0) is 12.5 Å². The van der Waals surface area contributed by atoms with Gasteiger partial charge < -0.3 is 10.4 Å². The predicted octanol–water partition coefficient (Wildman–Crippen LogP) is 3.61. The second-order valence-electron chi connectivity index (χ2n) is 4.17. The molecule has 21 heavy (non-hydrogen) atoms. The van der Waals surface area contributed by atoms with Crippen LogP contribution in [0.3, 0.4) is 0 Å². The number of non-ortho nitro benzene ring substituents is 1. The number of nitrogens with zero attached hydrogens (tertiary/aromatic N) is 1. The third kappa shape index (κ3) is 6.20. The zero-order valence-electron chi connectivity index (χ0n) is 11.5. The Balaban J connectivity index is 0.000000219. The molecule has 2 aromatic rings. The number of rotatable bonds is 3. The molecule has 2 rings (SSSR count). The van der Waals surface area contributed by atoms with Crippen LogP contribution in [-0.2, 0) is 0 Å². The molecule has 0 saturated carbocycles. The first-order chi connectivity index (χ1) is 10.0. The molecule has 0 aliphatic rings. The number of hydrogen-bond acceptors (Lipinski definition) is 3. The van der Waals surface area contributed by atoms with Gasteiger partial charge in [0.05, 0.1) is 11.0 Å². The van der Waals surface area contributed by atoms with E-state index in [9.17, 15) is 14.9 Å². The molecule has 0 aliphatic heterocycles. The number of nitrogens with one attached hydrogen (secondary N) is 1. The number of nitro groups is 1. The Morgan fingerprint density at radius 3 is 1.95 bits per heavy atom. The highest BCUT2D eigenvalue weighted by molar-refractivity contribution is 5.65. The van der Waals surface area contributed by atoms with Crippen LogP contribution in [-0.4, -0.2) is 16.1 Å². The van der Waals surface area contributed by atoms with Gasteiger partial charge in [-0.15, -0.1) is 0 Å². The molecule has 6 nitrogen and oxygen atoms in total. The van der Waals surface area contributed by atoms with Gasteiger partial charge in [-0.2, -0.15) is 0 Å². The van der Waals surface area contributed by atoms with Crippen molar-refractivity contribution < 1.29 is 14.8 Å². The number of amides is 1. The van der Waals surface area contributed by atoms with E-state index in [0.29, 0.717) is 0 Å². The Bertz CT molecular complexity index is 573. The van der Waals surface area contributed by atoms with Crippen LogP contribution >= 0.6 is 0 Å². The summed E-state index contributed by atoms with van der Waals surface area (Å²) < 4.78 is 0. The first-order valence-corrected chi connectivity index (χ1v) is 6.24. The van der Waals surface area contributed by atoms with Crippen LogP contribution in [0.4, 0.5) is 10.5 Å². The molecule has 0 spiro atoms. The molecule has 2 aromatic carbocycles. The maximum Gasteiger partial charge on any atom is 0.405 e. The highest BCUT2D eigenvalue weighted by Crippen LogP contribution is 2.10. The van der Waals surface area contributed by atoms with Gasteiger partial charge in [0.2, 0.25) is 0 Å². The van der Waals surface area contributed by atoms with Gasteiger partial charge in [0.1, 0.15) is 0 Å². The van der Waals surface area contributed by atoms with Crippen molar-refractivity contribution in [2.45, 2.75) is 13.0 Å². The number of carboxylic acid groups (broad SMARTS) is 1. The number of hydrogen-bond donors (Lipinski definition) is 2. The van der Waals surface area contributed by atoms with E-state index < -0.39 is 11.0 Å². The van der Waals surface area contributed by atoms with Crippen molar-refractivity contribution in [2.75, 3.05) is 0 Å². The monoisotopic (exact) mass is 288 g/mol. The molecule has 0 aromatic heterocycles. The molecule has 0 fully saturated rings. The SMILES string of the molecule is C[C@@H](NC(=O)O)c1ccccc1.O=[N+]([O-])c1ccccc1. The summed E-state index contributed by atoms with van der Waals surface area (Å²) >= 11 is 0.